The molecule has 1 aliphatic heterocycles. The van der Waals surface area contributed by atoms with E-state index in [-0.39, 0.29) is 5.75 Å². The van der Waals surface area contributed by atoms with Crippen LogP contribution in [0.3, 0.4) is 0 Å². The molecule has 0 amide bonds. The Bertz CT molecular complexity index is 522. The Hall–Kier alpha value is -1.07. The molecule has 5 heteroatoms. The third kappa shape index (κ3) is 4.80. The molecule has 1 aromatic rings. The fraction of sp³-hybridized carbons (Fsp3) is 0.600. The maximum absolute atomic E-state index is 12.1. The molecule has 4 nitrogen and oxygen atoms in total. The summed E-state index contributed by atoms with van der Waals surface area (Å²) < 4.78 is 26.9. The minimum atomic E-state index is -3.23. The van der Waals surface area contributed by atoms with Gasteiger partial charge in [-0.3, -0.25) is 4.72 Å². The summed E-state index contributed by atoms with van der Waals surface area (Å²) in [5.74, 6) is 0.753. The lowest BCUT2D eigenvalue weighted by molar-refractivity contribution is 0.365. The molecule has 112 valence electrons. The van der Waals surface area contributed by atoms with E-state index < -0.39 is 10.0 Å². The van der Waals surface area contributed by atoms with Crippen molar-refractivity contribution in [2.45, 2.75) is 32.6 Å². The summed E-state index contributed by atoms with van der Waals surface area (Å²) in [5, 5.41) is 3.30. The van der Waals surface area contributed by atoms with E-state index in [1.54, 1.807) is 6.07 Å². The molecule has 2 rings (SSSR count). The smallest absolute Gasteiger partial charge is 0.232 e. The molecule has 0 saturated carbocycles. The molecule has 20 heavy (non-hydrogen) atoms. The van der Waals surface area contributed by atoms with Crippen molar-refractivity contribution in [3.8, 4) is 0 Å². The van der Waals surface area contributed by atoms with Crippen molar-refractivity contribution in [1.29, 1.82) is 0 Å². The highest BCUT2D eigenvalue weighted by Gasteiger charge is 2.17. The Labute approximate surface area is 122 Å². The Morgan fingerprint density at radius 3 is 2.75 bits per heavy atom. The van der Waals surface area contributed by atoms with Crippen LogP contribution in [0.25, 0.3) is 0 Å². The zero-order valence-electron chi connectivity index (χ0n) is 12.1. The first kappa shape index (κ1) is 15.3. The van der Waals surface area contributed by atoms with Crippen LogP contribution in [0.5, 0.6) is 0 Å². The Morgan fingerprint density at radius 2 is 2.05 bits per heavy atom. The zero-order valence-corrected chi connectivity index (χ0v) is 12.9. The van der Waals surface area contributed by atoms with E-state index >= 15 is 0 Å². The molecule has 0 spiro atoms. The molecule has 2 N–H and O–H groups in total. The third-order valence-corrected chi connectivity index (χ3v) is 5.18. The van der Waals surface area contributed by atoms with Crippen LogP contribution < -0.4 is 10.0 Å². The van der Waals surface area contributed by atoms with Crippen LogP contribution in [0.4, 0.5) is 5.69 Å². The predicted molar refractivity (Wildman–Crippen MR) is 83.4 cm³/mol. The van der Waals surface area contributed by atoms with Crippen LogP contribution in [0.2, 0.25) is 0 Å². The number of aryl methyl sites for hydroxylation is 1. The number of rotatable bonds is 6. The van der Waals surface area contributed by atoms with E-state index in [2.05, 4.69) is 17.0 Å². The Balaban J connectivity index is 1.89. The lowest BCUT2D eigenvalue weighted by Gasteiger charge is -2.22. The summed E-state index contributed by atoms with van der Waals surface area (Å²) in [7, 11) is -3.23. The van der Waals surface area contributed by atoms with Crippen molar-refractivity contribution in [1.82, 2.24) is 5.32 Å². The monoisotopic (exact) mass is 296 g/mol. The van der Waals surface area contributed by atoms with E-state index in [0.717, 1.165) is 44.3 Å². The number of piperidine rings is 1. The molecule has 0 atom stereocenters. The van der Waals surface area contributed by atoms with Gasteiger partial charge >= 0.3 is 0 Å². The molecule has 0 bridgehead atoms. The fourth-order valence-corrected chi connectivity index (χ4v) is 3.81. The van der Waals surface area contributed by atoms with Crippen LogP contribution in [0.15, 0.2) is 24.3 Å². The summed E-state index contributed by atoms with van der Waals surface area (Å²) in [6.45, 7) is 4.08. The number of benzene rings is 1. The lowest BCUT2D eigenvalue weighted by atomic mass is 9.96. The van der Waals surface area contributed by atoms with E-state index in [4.69, 9.17) is 0 Å². The lowest BCUT2D eigenvalue weighted by Crippen LogP contribution is -2.29. The summed E-state index contributed by atoms with van der Waals surface area (Å²) in [5.41, 5.74) is 1.82. The average Bonchev–Trinajstić information content (AvgIpc) is 2.46. The van der Waals surface area contributed by atoms with E-state index in [9.17, 15) is 8.42 Å². The van der Waals surface area contributed by atoms with Gasteiger partial charge in [0.1, 0.15) is 0 Å². The number of anilines is 1. The quantitative estimate of drug-likeness (QED) is 0.847. The minimum absolute atomic E-state index is 0.216. The fourth-order valence-electron chi connectivity index (χ4n) is 2.58. The second-order valence-corrected chi connectivity index (χ2v) is 7.30. The largest absolute Gasteiger partial charge is 0.317 e. The standard InChI is InChI=1S/C15H24N2O2S/c1-2-13-4-3-5-15(12-13)17-20(18,19)11-8-14-6-9-16-10-7-14/h3-5,12,14,16-17H,2,6-11H2,1H3. The zero-order chi connectivity index (χ0) is 14.4. The van der Waals surface area contributed by atoms with Crippen LogP contribution >= 0.6 is 0 Å². The summed E-state index contributed by atoms with van der Waals surface area (Å²) in [4.78, 5) is 0. The van der Waals surface area contributed by atoms with Gasteiger partial charge in [0, 0.05) is 5.69 Å². The van der Waals surface area contributed by atoms with Gasteiger partial charge in [-0.15, -0.1) is 0 Å². The van der Waals surface area contributed by atoms with Gasteiger partial charge in [-0.05, 0) is 62.4 Å². The van der Waals surface area contributed by atoms with Gasteiger partial charge in [0.25, 0.3) is 0 Å². The van der Waals surface area contributed by atoms with Gasteiger partial charge in [0.15, 0.2) is 0 Å². The SMILES string of the molecule is CCc1cccc(NS(=O)(=O)CCC2CCNCC2)c1. The van der Waals surface area contributed by atoms with E-state index in [0.29, 0.717) is 11.6 Å². The molecule has 0 aromatic heterocycles. The van der Waals surface area contributed by atoms with Crippen LogP contribution in [-0.2, 0) is 16.4 Å². The van der Waals surface area contributed by atoms with E-state index in [1.807, 2.05) is 18.2 Å². The van der Waals surface area contributed by atoms with Crippen molar-refractivity contribution in [2.75, 3.05) is 23.6 Å². The van der Waals surface area contributed by atoms with Crippen molar-refractivity contribution in [3.05, 3.63) is 29.8 Å². The van der Waals surface area contributed by atoms with Gasteiger partial charge < -0.3 is 5.32 Å². The highest BCUT2D eigenvalue weighted by molar-refractivity contribution is 7.92. The van der Waals surface area contributed by atoms with Gasteiger partial charge in [0.05, 0.1) is 5.75 Å². The highest BCUT2D eigenvalue weighted by Crippen LogP contribution is 2.18. The second-order valence-electron chi connectivity index (χ2n) is 5.46. The van der Waals surface area contributed by atoms with Crippen molar-refractivity contribution < 1.29 is 8.42 Å². The first-order valence-corrected chi connectivity index (χ1v) is 9.04. The number of sulfonamides is 1. The molecular weight excluding hydrogens is 272 g/mol. The molecule has 1 aliphatic rings. The molecular formula is C15H24N2O2S. The Kier molecular flexibility index (Phi) is 5.43. The molecule has 1 heterocycles. The normalized spacial score (nSPS) is 17.1. The number of hydrogen-bond acceptors (Lipinski definition) is 3. The van der Waals surface area contributed by atoms with Crippen molar-refractivity contribution >= 4 is 15.7 Å². The molecule has 0 radical (unpaired) electrons. The maximum Gasteiger partial charge on any atom is 0.232 e. The van der Waals surface area contributed by atoms with Crippen molar-refractivity contribution in [3.63, 3.8) is 0 Å². The first-order chi connectivity index (χ1) is 9.59. The van der Waals surface area contributed by atoms with Gasteiger partial charge in [-0.25, -0.2) is 8.42 Å². The molecule has 0 unspecified atom stereocenters. The molecule has 1 aromatic carbocycles. The summed E-state index contributed by atoms with van der Waals surface area (Å²) in [6, 6.07) is 7.61. The van der Waals surface area contributed by atoms with Gasteiger partial charge in [-0.1, -0.05) is 19.1 Å². The minimum Gasteiger partial charge on any atom is -0.317 e. The molecule has 1 saturated heterocycles. The average molecular weight is 296 g/mol. The topological polar surface area (TPSA) is 58.2 Å². The van der Waals surface area contributed by atoms with Gasteiger partial charge in [0.2, 0.25) is 10.0 Å². The van der Waals surface area contributed by atoms with Crippen LogP contribution in [0, 0.1) is 5.92 Å². The molecule has 1 fully saturated rings. The van der Waals surface area contributed by atoms with Crippen LogP contribution in [0.1, 0.15) is 31.7 Å². The second kappa shape index (κ2) is 7.09. The summed E-state index contributed by atoms with van der Waals surface area (Å²) >= 11 is 0. The summed E-state index contributed by atoms with van der Waals surface area (Å²) in [6.07, 6.45) is 3.83. The Morgan fingerprint density at radius 1 is 1.30 bits per heavy atom. The van der Waals surface area contributed by atoms with E-state index in [1.165, 1.54) is 0 Å². The highest BCUT2D eigenvalue weighted by atomic mass is 32.2. The third-order valence-electron chi connectivity index (χ3n) is 3.86. The van der Waals surface area contributed by atoms with Crippen molar-refractivity contribution in [2.24, 2.45) is 5.92 Å². The van der Waals surface area contributed by atoms with Gasteiger partial charge in [-0.2, -0.15) is 0 Å². The predicted octanol–water partition coefficient (Wildman–Crippen LogP) is 2.38. The molecule has 0 aliphatic carbocycles. The first-order valence-electron chi connectivity index (χ1n) is 7.39. The number of hydrogen-bond donors (Lipinski definition) is 2. The van der Waals surface area contributed by atoms with Crippen LogP contribution in [-0.4, -0.2) is 27.3 Å². The number of nitrogens with one attached hydrogen (secondary N) is 2. The maximum atomic E-state index is 12.1.